The first-order valence-corrected chi connectivity index (χ1v) is 8.85. The van der Waals surface area contributed by atoms with Crippen LogP contribution in [-0.2, 0) is 30.4 Å². The lowest BCUT2D eigenvalue weighted by atomic mass is 10.0. The molecular weight excluding hydrogens is 400 g/mol. The van der Waals surface area contributed by atoms with E-state index in [4.69, 9.17) is 15.9 Å². The van der Waals surface area contributed by atoms with Crippen LogP contribution < -0.4 is 21.7 Å². The Kier molecular flexibility index (Phi) is 9.23. The smallest absolute Gasteiger partial charge is 0.322 e. The molecule has 1 rings (SSSR count). The third kappa shape index (κ3) is 8.56. The molecule has 0 spiro atoms. The molecule has 12 nitrogen and oxygen atoms in total. The first-order valence-electron chi connectivity index (χ1n) is 8.85. The van der Waals surface area contributed by atoms with Crippen LogP contribution in [0.3, 0.4) is 0 Å². The minimum Gasteiger partial charge on any atom is -0.508 e. The van der Waals surface area contributed by atoms with Crippen LogP contribution in [0.5, 0.6) is 5.75 Å². The number of nitrogens with two attached hydrogens (primary N) is 1. The molecule has 0 aliphatic heterocycles. The van der Waals surface area contributed by atoms with Crippen LogP contribution in [-0.4, -0.2) is 69.7 Å². The zero-order valence-corrected chi connectivity index (χ0v) is 16.1. The third-order valence-electron chi connectivity index (χ3n) is 3.91. The van der Waals surface area contributed by atoms with Crippen molar-refractivity contribution in [3.63, 3.8) is 0 Å². The number of carbonyl (C=O) groups excluding carboxylic acids is 3. The summed E-state index contributed by atoms with van der Waals surface area (Å²) in [6.07, 6.45) is -0.686. The molecule has 164 valence electrons. The van der Waals surface area contributed by atoms with Crippen molar-refractivity contribution in [1.29, 1.82) is 0 Å². The Hall–Kier alpha value is -3.67. The second kappa shape index (κ2) is 11.4. The van der Waals surface area contributed by atoms with Gasteiger partial charge in [0.15, 0.2) is 0 Å². The average Bonchev–Trinajstić information content (AvgIpc) is 2.66. The second-order valence-corrected chi connectivity index (χ2v) is 6.48. The van der Waals surface area contributed by atoms with E-state index in [0.717, 1.165) is 0 Å². The number of hydrogen-bond donors (Lipinski definition) is 7. The fourth-order valence-electron chi connectivity index (χ4n) is 2.33. The summed E-state index contributed by atoms with van der Waals surface area (Å²) in [5, 5.41) is 33.5. The summed E-state index contributed by atoms with van der Waals surface area (Å²) < 4.78 is 0. The van der Waals surface area contributed by atoms with Gasteiger partial charge in [-0.25, -0.2) is 0 Å². The van der Waals surface area contributed by atoms with Crippen LogP contribution in [0.2, 0.25) is 0 Å². The van der Waals surface area contributed by atoms with Crippen LogP contribution in [0.15, 0.2) is 24.3 Å². The van der Waals surface area contributed by atoms with E-state index < -0.39 is 60.8 Å². The predicted octanol–water partition coefficient (Wildman–Crippen LogP) is -2.07. The number of nitrogens with one attached hydrogen (secondary N) is 3. The number of hydrogen-bond acceptors (Lipinski definition) is 7. The van der Waals surface area contributed by atoms with Crippen molar-refractivity contribution in [1.82, 2.24) is 16.0 Å². The summed E-state index contributed by atoms with van der Waals surface area (Å²) in [6.45, 7) is 0.696. The highest BCUT2D eigenvalue weighted by Gasteiger charge is 2.27. The minimum absolute atomic E-state index is 0.00371. The largest absolute Gasteiger partial charge is 0.508 e. The van der Waals surface area contributed by atoms with Gasteiger partial charge in [0.1, 0.15) is 24.4 Å². The molecule has 0 aromatic heterocycles. The lowest BCUT2D eigenvalue weighted by Crippen LogP contribution is -2.56. The van der Waals surface area contributed by atoms with Crippen LogP contribution >= 0.6 is 0 Å². The van der Waals surface area contributed by atoms with E-state index >= 15 is 0 Å². The van der Waals surface area contributed by atoms with Gasteiger partial charge in [0.25, 0.3) is 0 Å². The molecule has 0 aliphatic rings. The van der Waals surface area contributed by atoms with Gasteiger partial charge in [-0.1, -0.05) is 12.1 Å². The number of rotatable bonds is 11. The van der Waals surface area contributed by atoms with Gasteiger partial charge >= 0.3 is 11.9 Å². The molecule has 0 saturated carbocycles. The molecular formula is C18H24N4O8. The maximum Gasteiger partial charge on any atom is 0.322 e. The normalized spacial score (nSPS) is 13.4. The maximum absolute atomic E-state index is 12.6. The highest BCUT2D eigenvalue weighted by molar-refractivity contribution is 5.94. The fraction of sp³-hybridized carbons (Fsp3) is 0.389. The average molecular weight is 424 g/mol. The summed E-state index contributed by atoms with van der Waals surface area (Å²) in [5.41, 5.74) is 6.08. The van der Waals surface area contributed by atoms with E-state index in [0.29, 0.717) is 5.56 Å². The van der Waals surface area contributed by atoms with Crippen LogP contribution in [0.4, 0.5) is 0 Å². The Morgan fingerprint density at radius 1 is 0.933 bits per heavy atom. The number of carboxylic acids is 2. The van der Waals surface area contributed by atoms with Gasteiger partial charge < -0.3 is 37.0 Å². The zero-order chi connectivity index (χ0) is 22.8. The summed E-state index contributed by atoms with van der Waals surface area (Å²) in [6, 6.07) is 2.08. The topological polar surface area (TPSA) is 208 Å². The maximum atomic E-state index is 12.6. The summed E-state index contributed by atoms with van der Waals surface area (Å²) in [5.74, 6) is -4.94. The van der Waals surface area contributed by atoms with Gasteiger partial charge in [-0.15, -0.1) is 0 Å². The van der Waals surface area contributed by atoms with Crippen LogP contribution in [0.25, 0.3) is 0 Å². The van der Waals surface area contributed by atoms with Crippen LogP contribution in [0.1, 0.15) is 18.9 Å². The second-order valence-electron chi connectivity index (χ2n) is 6.48. The standard InChI is InChI=1S/C18H24N4O8/c1-9(16(28)20-8-15(26)27)21-18(30)13(6-10-2-4-11(23)5-3-10)22-17(29)12(19)7-14(24)25/h2-5,9,12-13,23H,6-8,19H2,1H3,(H,20,28)(H,21,30)(H,22,29)(H,24,25)(H,26,27). The van der Waals surface area contributed by atoms with Gasteiger partial charge in [0, 0.05) is 6.42 Å². The van der Waals surface area contributed by atoms with E-state index in [1.54, 1.807) is 0 Å². The first-order chi connectivity index (χ1) is 14.0. The van der Waals surface area contributed by atoms with Crippen LogP contribution in [0, 0.1) is 0 Å². The number of carbonyl (C=O) groups is 5. The highest BCUT2D eigenvalue weighted by atomic mass is 16.4. The van der Waals surface area contributed by atoms with E-state index in [9.17, 15) is 29.1 Å². The van der Waals surface area contributed by atoms with Crippen molar-refractivity contribution in [2.75, 3.05) is 6.54 Å². The van der Waals surface area contributed by atoms with E-state index in [1.165, 1.54) is 31.2 Å². The summed E-state index contributed by atoms with van der Waals surface area (Å²) in [4.78, 5) is 57.9. The van der Waals surface area contributed by atoms with E-state index in [2.05, 4.69) is 16.0 Å². The highest BCUT2D eigenvalue weighted by Crippen LogP contribution is 2.12. The molecule has 8 N–H and O–H groups in total. The molecule has 12 heteroatoms. The zero-order valence-electron chi connectivity index (χ0n) is 16.1. The Bertz CT molecular complexity index is 796. The number of amides is 3. The Morgan fingerprint density at radius 3 is 2.07 bits per heavy atom. The van der Waals surface area contributed by atoms with Crippen molar-refractivity contribution in [2.45, 2.75) is 37.9 Å². The Morgan fingerprint density at radius 2 is 1.53 bits per heavy atom. The monoisotopic (exact) mass is 424 g/mol. The minimum atomic E-state index is -1.39. The molecule has 0 fully saturated rings. The molecule has 1 aromatic rings. The lowest BCUT2D eigenvalue weighted by Gasteiger charge is -2.22. The number of benzene rings is 1. The SMILES string of the molecule is CC(NC(=O)C(Cc1ccc(O)cc1)NC(=O)C(N)CC(=O)O)C(=O)NCC(=O)O. The first kappa shape index (κ1) is 24.4. The van der Waals surface area contributed by atoms with Gasteiger partial charge in [0.05, 0.1) is 12.5 Å². The number of aromatic hydroxyl groups is 1. The van der Waals surface area contributed by atoms with Gasteiger partial charge in [-0.2, -0.15) is 0 Å². The Balaban J connectivity index is 2.89. The van der Waals surface area contributed by atoms with Crippen molar-refractivity contribution in [3.8, 4) is 5.75 Å². The molecule has 3 unspecified atom stereocenters. The number of aliphatic carboxylic acids is 2. The van der Waals surface area contributed by atoms with Gasteiger partial charge in [-0.3, -0.25) is 24.0 Å². The molecule has 3 atom stereocenters. The van der Waals surface area contributed by atoms with Crippen molar-refractivity contribution < 1.29 is 39.3 Å². The number of carboxylic acid groups (broad SMARTS) is 2. The van der Waals surface area contributed by atoms with Crippen molar-refractivity contribution in [2.24, 2.45) is 5.73 Å². The van der Waals surface area contributed by atoms with Crippen molar-refractivity contribution in [3.05, 3.63) is 29.8 Å². The van der Waals surface area contributed by atoms with E-state index in [1.807, 2.05) is 0 Å². The molecule has 30 heavy (non-hydrogen) atoms. The molecule has 0 heterocycles. The molecule has 0 saturated heterocycles. The Labute approximate surface area is 171 Å². The molecule has 0 radical (unpaired) electrons. The molecule has 0 aliphatic carbocycles. The summed E-state index contributed by atoms with van der Waals surface area (Å²) >= 11 is 0. The van der Waals surface area contributed by atoms with Gasteiger partial charge in [-0.05, 0) is 24.6 Å². The van der Waals surface area contributed by atoms with E-state index in [-0.39, 0.29) is 12.2 Å². The van der Waals surface area contributed by atoms with Gasteiger partial charge in [0.2, 0.25) is 17.7 Å². The molecule has 1 aromatic carbocycles. The number of phenols is 1. The fourth-order valence-corrected chi connectivity index (χ4v) is 2.33. The molecule has 3 amide bonds. The quantitative estimate of drug-likeness (QED) is 0.208. The predicted molar refractivity (Wildman–Crippen MR) is 102 cm³/mol. The summed E-state index contributed by atoms with van der Waals surface area (Å²) in [7, 11) is 0. The van der Waals surface area contributed by atoms with Crippen molar-refractivity contribution >= 4 is 29.7 Å². The number of phenolic OH excluding ortho intramolecular Hbond substituents is 1. The lowest BCUT2D eigenvalue weighted by molar-refractivity contribution is -0.139. The molecule has 0 bridgehead atoms. The third-order valence-corrected chi connectivity index (χ3v) is 3.91.